The predicted octanol–water partition coefficient (Wildman–Crippen LogP) is -0.719. The number of fused-ring (bicyclic) bond motifs is 1. The van der Waals surface area contributed by atoms with Crippen LogP contribution in [0.5, 0.6) is 0 Å². The lowest BCUT2D eigenvalue weighted by Crippen LogP contribution is -2.43. The van der Waals surface area contributed by atoms with E-state index in [0.717, 1.165) is 26.3 Å². The third kappa shape index (κ3) is 2.18. The first-order valence-corrected chi connectivity index (χ1v) is 7.22. The molecule has 0 saturated carbocycles. The fourth-order valence-corrected chi connectivity index (χ4v) is 3.27. The Balaban J connectivity index is 1.38. The molecule has 0 radical (unpaired) electrons. The largest absolute Gasteiger partial charge is 0.387 e. The molecule has 0 bridgehead atoms. The molecule has 4 rings (SSSR count). The number of rotatable bonds is 2. The minimum absolute atomic E-state index is 0.0189. The lowest BCUT2D eigenvalue weighted by Gasteiger charge is -2.26. The van der Waals surface area contributed by atoms with Gasteiger partial charge in [0.05, 0.1) is 13.2 Å². The summed E-state index contributed by atoms with van der Waals surface area (Å²) in [4.78, 5) is 2.23. The molecule has 4 aliphatic rings. The van der Waals surface area contributed by atoms with E-state index in [-0.39, 0.29) is 18.4 Å². The predicted molar refractivity (Wildman–Crippen MR) is 65.8 cm³/mol. The van der Waals surface area contributed by atoms with Crippen LogP contribution in [-0.4, -0.2) is 79.0 Å². The van der Waals surface area contributed by atoms with Crippen LogP contribution in [0.25, 0.3) is 0 Å². The lowest BCUT2D eigenvalue weighted by molar-refractivity contribution is -0.216. The second kappa shape index (κ2) is 4.61. The molecule has 4 heterocycles. The van der Waals surface area contributed by atoms with Gasteiger partial charge in [-0.3, -0.25) is 4.90 Å². The highest BCUT2D eigenvalue weighted by molar-refractivity contribution is 5.03. The zero-order chi connectivity index (χ0) is 13.9. The zero-order valence-electron chi connectivity index (χ0n) is 11.7. The Hall–Kier alpha value is -0.280. The van der Waals surface area contributed by atoms with Crippen molar-refractivity contribution in [2.45, 2.75) is 56.6 Å². The molecular weight excluding hydrogens is 266 g/mol. The van der Waals surface area contributed by atoms with E-state index in [1.165, 1.54) is 0 Å². The van der Waals surface area contributed by atoms with Crippen LogP contribution in [0.2, 0.25) is 0 Å². The summed E-state index contributed by atoms with van der Waals surface area (Å²) in [5.41, 5.74) is 0. The van der Waals surface area contributed by atoms with Crippen molar-refractivity contribution in [3.05, 3.63) is 0 Å². The Morgan fingerprint density at radius 3 is 2.45 bits per heavy atom. The molecule has 0 spiro atoms. The van der Waals surface area contributed by atoms with Gasteiger partial charge in [-0.15, -0.1) is 0 Å². The molecule has 1 N–H and O–H groups in total. The molecule has 7 heteroatoms. The lowest BCUT2D eigenvalue weighted by atomic mass is 10.1. The fraction of sp³-hybridized carbons (Fsp3) is 1.00. The molecule has 0 aromatic carbocycles. The second-order valence-electron chi connectivity index (χ2n) is 6.20. The summed E-state index contributed by atoms with van der Waals surface area (Å²) in [6, 6.07) is 0. The van der Waals surface area contributed by atoms with Gasteiger partial charge in [0.2, 0.25) is 0 Å². The van der Waals surface area contributed by atoms with Gasteiger partial charge in [-0.05, 0) is 13.8 Å². The summed E-state index contributed by atoms with van der Waals surface area (Å²) in [5, 5.41) is 10.4. The van der Waals surface area contributed by atoms with Crippen molar-refractivity contribution >= 4 is 0 Å². The highest BCUT2D eigenvalue weighted by Gasteiger charge is 2.62. The van der Waals surface area contributed by atoms with Gasteiger partial charge in [0.15, 0.2) is 12.1 Å². The molecule has 4 fully saturated rings. The number of morpholine rings is 1. The molecule has 0 amide bonds. The first-order valence-electron chi connectivity index (χ1n) is 7.22. The standard InChI is InChI=1S/C13H21NO6/c1-13(2)19-9-7(15)8(18-12(9)20-13)10-11(17-10)14-3-5-16-6-4-14/h7-12,15H,3-6H2,1-2H3/t7-,8-,9+,10?,11?,12+/m1/s1. The molecule has 0 aliphatic carbocycles. The number of hydrogen-bond acceptors (Lipinski definition) is 7. The van der Waals surface area contributed by atoms with Crippen LogP contribution in [0.4, 0.5) is 0 Å². The quantitative estimate of drug-likeness (QED) is 0.672. The van der Waals surface area contributed by atoms with E-state index in [2.05, 4.69) is 4.90 Å². The smallest absolute Gasteiger partial charge is 0.190 e. The molecule has 0 aromatic rings. The molecule has 4 saturated heterocycles. The van der Waals surface area contributed by atoms with Crippen LogP contribution in [-0.2, 0) is 23.7 Å². The Morgan fingerprint density at radius 2 is 1.75 bits per heavy atom. The number of nitrogens with zero attached hydrogens (tertiary/aromatic N) is 1. The van der Waals surface area contributed by atoms with Gasteiger partial charge >= 0.3 is 0 Å². The van der Waals surface area contributed by atoms with E-state index < -0.39 is 24.3 Å². The molecule has 114 valence electrons. The fourth-order valence-electron chi connectivity index (χ4n) is 3.27. The van der Waals surface area contributed by atoms with Crippen molar-refractivity contribution in [2.75, 3.05) is 26.3 Å². The molecule has 2 unspecified atom stereocenters. The Bertz CT molecular complexity index is 385. The van der Waals surface area contributed by atoms with Gasteiger partial charge in [-0.2, -0.15) is 0 Å². The van der Waals surface area contributed by atoms with E-state index in [4.69, 9.17) is 23.7 Å². The molecule has 6 atom stereocenters. The first kappa shape index (κ1) is 13.4. The van der Waals surface area contributed by atoms with Crippen molar-refractivity contribution < 1.29 is 28.8 Å². The summed E-state index contributed by atoms with van der Waals surface area (Å²) in [5.74, 6) is -0.699. The van der Waals surface area contributed by atoms with Crippen LogP contribution in [0.1, 0.15) is 13.8 Å². The molecule has 7 nitrogen and oxygen atoms in total. The monoisotopic (exact) mass is 287 g/mol. The Labute approximate surface area is 117 Å². The summed E-state index contributed by atoms with van der Waals surface area (Å²) >= 11 is 0. The van der Waals surface area contributed by atoms with E-state index in [9.17, 15) is 5.11 Å². The van der Waals surface area contributed by atoms with Crippen LogP contribution >= 0.6 is 0 Å². The van der Waals surface area contributed by atoms with Gasteiger partial charge < -0.3 is 28.8 Å². The van der Waals surface area contributed by atoms with Crippen molar-refractivity contribution in [1.82, 2.24) is 4.90 Å². The van der Waals surface area contributed by atoms with Gasteiger partial charge in [0.1, 0.15) is 30.6 Å². The first-order chi connectivity index (χ1) is 9.55. The zero-order valence-corrected chi connectivity index (χ0v) is 11.7. The summed E-state index contributed by atoms with van der Waals surface area (Å²) in [6.45, 7) is 6.81. The van der Waals surface area contributed by atoms with Gasteiger partial charge in [-0.1, -0.05) is 0 Å². The topological polar surface area (TPSA) is 72.9 Å². The third-order valence-corrected chi connectivity index (χ3v) is 4.28. The van der Waals surface area contributed by atoms with E-state index in [1.807, 2.05) is 13.8 Å². The average molecular weight is 287 g/mol. The number of aliphatic hydroxyl groups excluding tert-OH is 1. The van der Waals surface area contributed by atoms with E-state index in [0.29, 0.717) is 0 Å². The highest BCUT2D eigenvalue weighted by atomic mass is 16.8. The maximum absolute atomic E-state index is 10.4. The van der Waals surface area contributed by atoms with Crippen molar-refractivity contribution in [3.8, 4) is 0 Å². The molecule has 0 aromatic heterocycles. The van der Waals surface area contributed by atoms with Crippen molar-refractivity contribution in [2.24, 2.45) is 0 Å². The SMILES string of the molecule is CC1(C)O[C@@H]2O[C@@H](C3OC3N3CCOCC3)[C@@H](O)[C@@H]2O1. The Kier molecular flexibility index (Phi) is 3.08. The van der Waals surface area contributed by atoms with Gasteiger partial charge in [0, 0.05) is 13.1 Å². The molecular formula is C13H21NO6. The Morgan fingerprint density at radius 1 is 1.00 bits per heavy atom. The third-order valence-electron chi connectivity index (χ3n) is 4.28. The van der Waals surface area contributed by atoms with Gasteiger partial charge in [-0.25, -0.2) is 0 Å². The number of aliphatic hydroxyl groups is 1. The maximum Gasteiger partial charge on any atom is 0.190 e. The van der Waals surface area contributed by atoms with Crippen molar-refractivity contribution in [3.63, 3.8) is 0 Å². The van der Waals surface area contributed by atoms with E-state index in [1.54, 1.807) is 0 Å². The highest BCUT2D eigenvalue weighted by Crippen LogP contribution is 2.43. The second-order valence-corrected chi connectivity index (χ2v) is 6.20. The minimum atomic E-state index is -0.710. The van der Waals surface area contributed by atoms with Crippen molar-refractivity contribution in [1.29, 1.82) is 0 Å². The van der Waals surface area contributed by atoms with Crippen LogP contribution in [0.3, 0.4) is 0 Å². The summed E-state index contributed by atoms with van der Waals surface area (Å²) in [7, 11) is 0. The molecule has 20 heavy (non-hydrogen) atoms. The van der Waals surface area contributed by atoms with E-state index >= 15 is 0 Å². The normalized spacial score (nSPS) is 51.1. The number of hydrogen-bond donors (Lipinski definition) is 1. The van der Waals surface area contributed by atoms with Crippen LogP contribution < -0.4 is 0 Å². The minimum Gasteiger partial charge on any atom is -0.387 e. The van der Waals surface area contributed by atoms with Crippen LogP contribution in [0, 0.1) is 0 Å². The molecule has 4 aliphatic heterocycles. The number of epoxide rings is 1. The average Bonchev–Trinajstić information content (AvgIpc) is 3.08. The summed E-state index contributed by atoms with van der Waals surface area (Å²) in [6.07, 6.45) is -2.11. The number of ether oxygens (including phenoxy) is 5. The summed E-state index contributed by atoms with van der Waals surface area (Å²) < 4.78 is 28.2. The van der Waals surface area contributed by atoms with Gasteiger partial charge in [0.25, 0.3) is 0 Å². The van der Waals surface area contributed by atoms with Crippen LogP contribution in [0.15, 0.2) is 0 Å². The maximum atomic E-state index is 10.4.